The molecule has 0 saturated heterocycles. The van der Waals surface area contributed by atoms with Gasteiger partial charge >= 0.3 is 6.09 Å². The molecular weight excluding hydrogens is 185 g/mol. The van der Waals surface area contributed by atoms with Crippen LogP contribution in [-0.2, 0) is 4.74 Å². The maximum Gasteiger partial charge on any atom is 0.412 e. The van der Waals surface area contributed by atoms with Crippen LogP contribution in [0, 0.1) is 18.2 Å². The van der Waals surface area contributed by atoms with Crippen molar-refractivity contribution in [3.63, 3.8) is 0 Å². The quantitative estimate of drug-likeness (QED) is 0.729. The Labute approximate surface area is 80.9 Å². The number of hydrogen-bond acceptors (Lipinski definition) is 2. The zero-order valence-corrected chi connectivity index (χ0v) is 7.29. The van der Waals surface area contributed by atoms with Crippen LogP contribution in [0.1, 0.15) is 0 Å². The van der Waals surface area contributed by atoms with E-state index in [1.807, 2.05) is 0 Å². The molecule has 4 heteroatoms. The predicted octanol–water partition coefficient (Wildman–Crippen LogP) is 2.01. The SMILES string of the molecule is C#CCOC(=O)Nc1ccc(F)cc1. The maximum absolute atomic E-state index is 12.5. The summed E-state index contributed by atoms with van der Waals surface area (Å²) >= 11 is 0. The van der Waals surface area contributed by atoms with Crippen LogP contribution in [-0.4, -0.2) is 12.7 Å². The molecule has 1 rings (SSSR count). The lowest BCUT2D eigenvalue weighted by Gasteiger charge is -2.03. The van der Waals surface area contributed by atoms with Gasteiger partial charge in [0.2, 0.25) is 0 Å². The molecule has 1 amide bonds. The molecule has 72 valence electrons. The highest BCUT2D eigenvalue weighted by Crippen LogP contribution is 2.08. The van der Waals surface area contributed by atoms with Gasteiger partial charge in [-0.2, -0.15) is 0 Å². The van der Waals surface area contributed by atoms with E-state index in [4.69, 9.17) is 6.42 Å². The fourth-order valence-electron chi connectivity index (χ4n) is 0.794. The molecule has 14 heavy (non-hydrogen) atoms. The number of carbonyl (C=O) groups is 1. The molecule has 0 saturated carbocycles. The minimum Gasteiger partial charge on any atom is -0.436 e. The van der Waals surface area contributed by atoms with Crippen LogP contribution in [0.25, 0.3) is 0 Å². The molecule has 0 fully saturated rings. The fraction of sp³-hybridized carbons (Fsp3) is 0.100. The molecule has 1 aromatic rings. The Morgan fingerprint density at radius 2 is 2.14 bits per heavy atom. The summed E-state index contributed by atoms with van der Waals surface area (Å²) in [6, 6.07) is 5.31. The van der Waals surface area contributed by atoms with Crippen LogP contribution in [0.2, 0.25) is 0 Å². The standard InChI is InChI=1S/C10H8FNO2/c1-2-7-14-10(13)12-9-5-3-8(11)4-6-9/h1,3-6H,7H2,(H,12,13). The number of nitrogens with one attached hydrogen (secondary N) is 1. The summed E-state index contributed by atoms with van der Waals surface area (Å²) in [5, 5.41) is 2.38. The third kappa shape index (κ3) is 3.15. The third-order valence-corrected chi connectivity index (χ3v) is 1.38. The fourth-order valence-corrected chi connectivity index (χ4v) is 0.794. The minimum absolute atomic E-state index is 0.0902. The highest BCUT2D eigenvalue weighted by atomic mass is 19.1. The van der Waals surface area contributed by atoms with Crippen molar-refractivity contribution in [3.05, 3.63) is 30.1 Å². The number of anilines is 1. The monoisotopic (exact) mass is 193 g/mol. The number of hydrogen-bond donors (Lipinski definition) is 1. The van der Waals surface area contributed by atoms with Crippen molar-refractivity contribution < 1.29 is 13.9 Å². The zero-order valence-electron chi connectivity index (χ0n) is 7.29. The van der Waals surface area contributed by atoms with Crippen molar-refractivity contribution in [2.45, 2.75) is 0 Å². The van der Waals surface area contributed by atoms with Crippen LogP contribution < -0.4 is 5.32 Å². The Balaban J connectivity index is 2.49. The largest absolute Gasteiger partial charge is 0.436 e. The Morgan fingerprint density at radius 1 is 1.50 bits per heavy atom. The average Bonchev–Trinajstić information content (AvgIpc) is 2.18. The summed E-state index contributed by atoms with van der Waals surface area (Å²) in [6.45, 7) is -0.0902. The summed E-state index contributed by atoms with van der Waals surface area (Å²) < 4.78 is 17.0. The number of halogens is 1. The van der Waals surface area contributed by atoms with Crippen molar-refractivity contribution >= 4 is 11.8 Å². The van der Waals surface area contributed by atoms with Gasteiger partial charge in [0, 0.05) is 5.69 Å². The van der Waals surface area contributed by atoms with Crippen molar-refractivity contribution in [3.8, 4) is 12.3 Å². The molecule has 0 unspecified atom stereocenters. The average molecular weight is 193 g/mol. The van der Waals surface area contributed by atoms with E-state index >= 15 is 0 Å². The van der Waals surface area contributed by atoms with Gasteiger partial charge in [0.15, 0.2) is 6.61 Å². The van der Waals surface area contributed by atoms with Gasteiger partial charge in [-0.1, -0.05) is 5.92 Å². The topological polar surface area (TPSA) is 38.3 Å². The summed E-state index contributed by atoms with van der Waals surface area (Å²) in [7, 11) is 0. The second-order valence-electron chi connectivity index (χ2n) is 2.41. The lowest BCUT2D eigenvalue weighted by molar-refractivity contribution is 0.176. The highest BCUT2D eigenvalue weighted by molar-refractivity contribution is 5.84. The smallest absolute Gasteiger partial charge is 0.412 e. The van der Waals surface area contributed by atoms with E-state index in [-0.39, 0.29) is 12.4 Å². The van der Waals surface area contributed by atoms with Crippen LogP contribution in [0.15, 0.2) is 24.3 Å². The summed E-state index contributed by atoms with van der Waals surface area (Å²) in [5.41, 5.74) is 0.452. The van der Waals surface area contributed by atoms with E-state index in [9.17, 15) is 9.18 Å². The van der Waals surface area contributed by atoms with Gasteiger partial charge in [-0.15, -0.1) is 6.42 Å². The number of terminal acetylenes is 1. The zero-order chi connectivity index (χ0) is 10.4. The number of carbonyl (C=O) groups excluding carboxylic acids is 1. The molecule has 0 aliphatic carbocycles. The van der Waals surface area contributed by atoms with E-state index in [1.165, 1.54) is 24.3 Å². The summed E-state index contributed by atoms with van der Waals surface area (Å²) in [6.07, 6.45) is 4.23. The first-order valence-electron chi connectivity index (χ1n) is 3.85. The van der Waals surface area contributed by atoms with Gasteiger partial charge < -0.3 is 4.74 Å². The van der Waals surface area contributed by atoms with Gasteiger partial charge in [-0.25, -0.2) is 9.18 Å². The molecule has 0 bridgehead atoms. The van der Waals surface area contributed by atoms with Crippen LogP contribution in [0.3, 0.4) is 0 Å². The Kier molecular flexibility index (Phi) is 3.50. The molecule has 0 heterocycles. The first-order valence-corrected chi connectivity index (χ1v) is 3.85. The van der Waals surface area contributed by atoms with Gasteiger partial charge in [-0.05, 0) is 24.3 Å². The lowest BCUT2D eigenvalue weighted by Crippen LogP contribution is -2.13. The second kappa shape index (κ2) is 4.87. The first-order chi connectivity index (χ1) is 6.72. The van der Waals surface area contributed by atoms with Gasteiger partial charge in [0.1, 0.15) is 5.82 Å². The van der Waals surface area contributed by atoms with Crippen molar-refractivity contribution in [1.82, 2.24) is 0 Å². The summed E-state index contributed by atoms with van der Waals surface area (Å²) in [5.74, 6) is 1.78. The van der Waals surface area contributed by atoms with Gasteiger partial charge in [0.05, 0.1) is 0 Å². The number of amides is 1. The Morgan fingerprint density at radius 3 is 2.71 bits per heavy atom. The van der Waals surface area contributed by atoms with E-state index in [1.54, 1.807) is 0 Å². The molecule has 1 N–H and O–H groups in total. The minimum atomic E-state index is -0.658. The normalized spacial score (nSPS) is 8.86. The van der Waals surface area contributed by atoms with Gasteiger partial charge in [-0.3, -0.25) is 5.32 Å². The summed E-state index contributed by atoms with van der Waals surface area (Å²) in [4.78, 5) is 10.9. The van der Waals surface area contributed by atoms with Crippen LogP contribution in [0.4, 0.5) is 14.9 Å². The van der Waals surface area contributed by atoms with Crippen molar-refractivity contribution in [2.75, 3.05) is 11.9 Å². The molecule has 1 aromatic carbocycles. The molecular formula is C10H8FNO2. The molecule has 0 atom stereocenters. The van der Waals surface area contributed by atoms with Crippen LogP contribution in [0.5, 0.6) is 0 Å². The van der Waals surface area contributed by atoms with E-state index in [2.05, 4.69) is 16.0 Å². The van der Waals surface area contributed by atoms with Crippen molar-refractivity contribution in [2.24, 2.45) is 0 Å². The molecule has 0 aromatic heterocycles. The molecule has 0 radical (unpaired) electrons. The van der Waals surface area contributed by atoms with E-state index < -0.39 is 6.09 Å². The van der Waals surface area contributed by atoms with Crippen LogP contribution >= 0.6 is 0 Å². The van der Waals surface area contributed by atoms with Crippen molar-refractivity contribution in [1.29, 1.82) is 0 Å². The van der Waals surface area contributed by atoms with E-state index in [0.29, 0.717) is 5.69 Å². The Hall–Kier alpha value is -2.02. The number of rotatable bonds is 2. The molecule has 3 nitrogen and oxygen atoms in total. The number of ether oxygens (including phenoxy) is 1. The number of benzene rings is 1. The van der Waals surface area contributed by atoms with E-state index in [0.717, 1.165) is 0 Å². The molecule has 0 aliphatic heterocycles. The third-order valence-electron chi connectivity index (χ3n) is 1.38. The first kappa shape index (κ1) is 10.1. The lowest BCUT2D eigenvalue weighted by atomic mass is 10.3. The maximum atomic E-state index is 12.5. The Bertz CT molecular complexity index is 353. The van der Waals surface area contributed by atoms with Gasteiger partial charge in [0.25, 0.3) is 0 Å². The highest BCUT2D eigenvalue weighted by Gasteiger charge is 2.01. The molecule has 0 aliphatic rings. The predicted molar refractivity (Wildman–Crippen MR) is 50.2 cm³/mol. The second-order valence-corrected chi connectivity index (χ2v) is 2.41. The molecule has 0 spiro atoms.